The molecule has 2 saturated carbocycles. The van der Waals surface area contributed by atoms with Gasteiger partial charge >= 0.3 is 0 Å². The number of aliphatic hydroxyl groups excluding tert-OH is 2. The highest BCUT2D eigenvalue weighted by atomic mass is 16.3. The summed E-state index contributed by atoms with van der Waals surface area (Å²) in [6, 6.07) is 0. The molecule has 0 aromatic heterocycles. The second-order valence-corrected chi connectivity index (χ2v) is 4.83. The largest absolute Gasteiger partial charge is 0.390 e. The van der Waals surface area contributed by atoms with Crippen molar-refractivity contribution in [1.29, 1.82) is 0 Å². The lowest BCUT2D eigenvalue weighted by molar-refractivity contribution is -0.139. The van der Waals surface area contributed by atoms with E-state index >= 15 is 0 Å². The zero-order valence-electron chi connectivity index (χ0n) is 8.33. The minimum absolute atomic E-state index is 0.191. The van der Waals surface area contributed by atoms with Gasteiger partial charge in [0.25, 0.3) is 0 Å². The Hall–Kier alpha value is -0.940. The van der Waals surface area contributed by atoms with Crippen LogP contribution in [0, 0.1) is 23.7 Å². The number of carbonyl (C=O) groups is 2. The molecule has 0 radical (unpaired) electrons. The van der Waals surface area contributed by atoms with Gasteiger partial charge in [0.2, 0.25) is 11.8 Å². The summed E-state index contributed by atoms with van der Waals surface area (Å²) >= 11 is 0. The summed E-state index contributed by atoms with van der Waals surface area (Å²) in [6.07, 6.45) is -1.07. The van der Waals surface area contributed by atoms with Crippen LogP contribution in [0.5, 0.6) is 0 Å². The first kappa shape index (κ1) is 9.30. The Balaban J connectivity index is 2.02. The van der Waals surface area contributed by atoms with Crippen molar-refractivity contribution >= 4 is 11.8 Å². The zero-order valence-corrected chi connectivity index (χ0v) is 8.33. The smallest absolute Gasteiger partial charge is 0.233 e. The van der Waals surface area contributed by atoms with Gasteiger partial charge in [0.05, 0.1) is 24.0 Å². The van der Waals surface area contributed by atoms with E-state index in [1.165, 1.54) is 7.05 Å². The van der Waals surface area contributed by atoms with Crippen LogP contribution in [0.15, 0.2) is 0 Å². The molecule has 5 heteroatoms. The van der Waals surface area contributed by atoms with Gasteiger partial charge in [-0.2, -0.15) is 0 Å². The first-order valence-corrected chi connectivity index (χ1v) is 5.21. The Morgan fingerprint density at radius 2 is 1.47 bits per heavy atom. The van der Waals surface area contributed by atoms with Gasteiger partial charge < -0.3 is 10.2 Å². The van der Waals surface area contributed by atoms with Gasteiger partial charge in [0.15, 0.2) is 0 Å². The lowest BCUT2D eigenvalue weighted by Gasteiger charge is -2.29. The Morgan fingerprint density at radius 3 is 1.87 bits per heavy atom. The molecule has 1 saturated heterocycles. The monoisotopic (exact) mass is 211 g/mol. The zero-order chi connectivity index (χ0) is 10.9. The van der Waals surface area contributed by atoms with Crippen LogP contribution >= 0.6 is 0 Å². The van der Waals surface area contributed by atoms with Crippen LogP contribution in [0.4, 0.5) is 0 Å². The lowest BCUT2D eigenvalue weighted by Crippen LogP contribution is -2.43. The van der Waals surface area contributed by atoms with E-state index in [1.54, 1.807) is 0 Å². The number of hydrogen-bond acceptors (Lipinski definition) is 4. The molecular weight excluding hydrogens is 198 g/mol. The average molecular weight is 211 g/mol. The average Bonchev–Trinajstić information content (AvgIpc) is 2.79. The maximum atomic E-state index is 11.8. The number of aliphatic hydroxyl groups is 2. The number of imide groups is 1. The Morgan fingerprint density at radius 1 is 1.07 bits per heavy atom. The molecule has 0 spiro atoms. The van der Waals surface area contributed by atoms with Crippen molar-refractivity contribution in [3.8, 4) is 0 Å². The fraction of sp³-hybridized carbons (Fsp3) is 0.800. The van der Waals surface area contributed by atoms with Gasteiger partial charge in [-0.15, -0.1) is 0 Å². The number of rotatable bonds is 0. The topological polar surface area (TPSA) is 77.8 Å². The molecule has 1 aliphatic heterocycles. The summed E-state index contributed by atoms with van der Waals surface area (Å²) in [5.74, 6) is -1.60. The minimum Gasteiger partial charge on any atom is -0.390 e. The van der Waals surface area contributed by atoms with E-state index in [-0.39, 0.29) is 35.5 Å². The molecule has 15 heavy (non-hydrogen) atoms. The number of carbonyl (C=O) groups excluding carboxylic acids is 2. The molecule has 82 valence electrons. The number of hydrogen-bond donors (Lipinski definition) is 2. The highest BCUT2D eigenvalue weighted by Gasteiger charge is 2.66. The van der Waals surface area contributed by atoms with Gasteiger partial charge in [-0.05, 0) is 6.42 Å². The first-order valence-electron chi connectivity index (χ1n) is 5.21. The van der Waals surface area contributed by atoms with Crippen molar-refractivity contribution in [3.05, 3.63) is 0 Å². The highest BCUT2D eigenvalue weighted by Crippen LogP contribution is 2.55. The number of likely N-dealkylation sites (tertiary alicyclic amines) is 1. The van der Waals surface area contributed by atoms with Crippen LogP contribution in [0.3, 0.4) is 0 Å². The number of amides is 2. The summed E-state index contributed by atoms with van der Waals surface area (Å²) in [4.78, 5) is 24.6. The second-order valence-electron chi connectivity index (χ2n) is 4.83. The van der Waals surface area contributed by atoms with Crippen LogP contribution < -0.4 is 0 Å². The molecular formula is C10H13NO4. The second kappa shape index (κ2) is 2.59. The van der Waals surface area contributed by atoms with Crippen molar-refractivity contribution in [2.45, 2.75) is 18.6 Å². The van der Waals surface area contributed by atoms with E-state index in [0.29, 0.717) is 6.42 Å². The fourth-order valence-electron chi connectivity index (χ4n) is 3.58. The minimum atomic E-state index is -0.834. The predicted octanol–water partition coefficient (Wildman–Crippen LogP) is -1.41. The van der Waals surface area contributed by atoms with Crippen LogP contribution in [-0.4, -0.2) is 46.2 Å². The van der Waals surface area contributed by atoms with Crippen molar-refractivity contribution in [2.24, 2.45) is 23.7 Å². The molecule has 6 atom stereocenters. The van der Waals surface area contributed by atoms with Gasteiger partial charge in [0, 0.05) is 18.9 Å². The Bertz CT molecular complexity index is 323. The maximum Gasteiger partial charge on any atom is 0.233 e. The van der Waals surface area contributed by atoms with E-state index in [9.17, 15) is 19.8 Å². The van der Waals surface area contributed by atoms with Crippen LogP contribution in [-0.2, 0) is 9.59 Å². The number of nitrogens with zero attached hydrogens (tertiary/aromatic N) is 1. The summed E-state index contributed by atoms with van der Waals surface area (Å²) in [6.45, 7) is 0. The summed E-state index contributed by atoms with van der Waals surface area (Å²) in [5.41, 5.74) is 0. The standard InChI is InChI=1S/C10H13NO4/c1-11-9(14)5-3-2-4(6(5)10(11)15)8(13)7(3)12/h3-8,12-13H,2H2,1H3. The van der Waals surface area contributed by atoms with Gasteiger partial charge in [-0.3, -0.25) is 14.5 Å². The molecule has 2 amide bonds. The molecule has 3 fully saturated rings. The van der Waals surface area contributed by atoms with Crippen LogP contribution in [0.1, 0.15) is 6.42 Å². The van der Waals surface area contributed by atoms with E-state index in [4.69, 9.17) is 0 Å². The molecule has 5 nitrogen and oxygen atoms in total. The van der Waals surface area contributed by atoms with Crippen molar-refractivity contribution < 1.29 is 19.8 Å². The Kier molecular flexibility index (Phi) is 1.61. The lowest BCUT2D eigenvalue weighted by atomic mass is 9.78. The molecule has 2 aliphatic carbocycles. The molecule has 3 rings (SSSR count). The van der Waals surface area contributed by atoms with Gasteiger partial charge in [0.1, 0.15) is 0 Å². The van der Waals surface area contributed by atoms with Crippen molar-refractivity contribution in [3.63, 3.8) is 0 Å². The summed E-state index contributed by atoms with van der Waals surface area (Å²) < 4.78 is 0. The molecule has 1 heterocycles. The van der Waals surface area contributed by atoms with E-state index in [1.807, 2.05) is 0 Å². The molecule has 2 bridgehead atoms. The van der Waals surface area contributed by atoms with E-state index in [2.05, 4.69) is 0 Å². The molecule has 0 aromatic rings. The molecule has 2 N–H and O–H groups in total. The van der Waals surface area contributed by atoms with E-state index < -0.39 is 12.2 Å². The number of fused-ring (bicyclic) bond motifs is 5. The molecule has 6 unspecified atom stereocenters. The van der Waals surface area contributed by atoms with Crippen LogP contribution in [0.2, 0.25) is 0 Å². The SMILES string of the molecule is CN1C(=O)C2C3CC(C(O)C3O)C2C1=O. The predicted molar refractivity (Wildman–Crippen MR) is 48.4 cm³/mol. The normalized spacial score (nSPS) is 52.9. The van der Waals surface area contributed by atoms with Gasteiger partial charge in [-0.1, -0.05) is 0 Å². The first-order chi connectivity index (χ1) is 7.04. The molecule has 3 aliphatic rings. The van der Waals surface area contributed by atoms with Gasteiger partial charge in [-0.25, -0.2) is 0 Å². The molecule has 0 aromatic carbocycles. The Labute approximate surface area is 86.7 Å². The van der Waals surface area contributed by atoms with Crippen molar-refractivity contribution in [2.75, 3.05) is 7.05 Å². The highest BCUT2D eigenvalue weighted by molar-refractivity contribution is 6.05. The van der Waals surface area contributed by atoms with E-state index in [0.717, 1.165) is 4.90 Å². The van der Waals surface area contributed by atoms with Crippen LogP contribution in [0.25, 0.3) is 0 Å². The maximum absolute atomic E-state index is 11.8. The summed E-state index contributed by atoms with van der Waals surface area (Å²) in [7, 11) is 1.47. The third-order valence-corrected chi connectivity index (χ3v) is 4.31. The summed E-state index contributed by atoms with van der Waals surface area (Å²) in [5, 5.41) is 19.4. The quantitative estimate of drug-likeness (QED) is 0.482. The third kappa shape index (κ3) is 0.862. The third-order valence-electron chi connectivity index (χ3n) is 4.31. The fourth-order valence-corrected chi connectivity index (χ4v) is 3.58. The van der Waals surface area contributed by atoms with Crippen molar-refractivity contribution in [1.82, 2.24) is 4.90 Å².